The van der Waals surface area contributed by atoms with Crippen molar-refractivity contribution in [3.63, 3.8) is 0 Å². The maximum atomic E-state index is 13.4. The Morgan fingerprint density at radius 3 is 2.71 bits per heavy atom. The van der Waals surface area contributed by atoms with E-state index in [1.807, 2.05) is 48.5 Å². The fourth-order valence-electron chi connectivity index (χ4n) is 3.22. The molecule has 0 fully saturated rings. The van der Waals surface area contributed by atoms with Crippen LogP contribution >= 0.6 is 18.7 Å². The Morgan fingerprint density at radius 1 is 1.10 bits per heavy atom. The number of fused-ring (bicyclic) bond motifs is 3. The largest absolute Gasteiger partial charge is 0.358 e. The van der Waals surface area contributed by atoms with Crippen molar-refractivity contribution in [1.29, 1.82) is 0 Å². The van der Waals surface area contributed by atoms with E-state index >= 15 is 0 Å². The lowest BCUT2D eigenvalue weighted by atomic mass is 10.1. The lowest BCUT2D eigenvalue weighted by Crippen LogP contribution is -2.16. The molecule has 2 heterocycles. The first-order chi connectivity index (χ1) is 10.2. The van der Waals surface area contributed by atoms with Crippen LogP contribution in [-0.4, -0.2) is 11.1 Å². The summed E-state index contributed by atoms with van der Waals surface area (Å²) in [7, 11) is -2.35. The van der Waals surface area contributed by atoms with E-state index < -0.39 is 7.14 Å². The first-order valence-corrected chi connectivity index (χ1v) is 9.54. The van der Waals surface area contributed by atoms with Gasteiger partial charge in [0.2, 0.25) is 0 Å². The predicted molar refractivity (Wildman–Crippen MR) is 89.3 cm³/mol. The number of nitrogens with one attached hydrogen (secondary N) is 1. The van der Waals surface area contributed by atoms with Gasteiger partial charge in [0, 0.05) is 39.2 Å². The molecule has 0 aliphatic carbocycles. The van der Waals surface area contributed by atoms with Gasteiger partial charge in [-0.25, -0.2) is 0 Å². The Labute approximate surface area is 128 Å². The lowest BCUT2D eigenvalue weighted by Gasteiger charge is -2.23. The number of halogens is 1. The third kappa shape index (κ3) is 2.14. The van der Waals surface area contributed by atoms with Crippen molar-refractivity contribution < 1.29 is 4.57 Å². The van der Waals surface area contributed by atoms with Crippen LogP contribution < -0.4 is 5.30 Å². The van der Waals surface area contributed by atoms with E-state index in [1.54, 1.807) is 0 Å². The second-order valence-electron chi connectivity index (χ2n) is 5.63. The summed E-state index contributed by atoms with van der Waals surface area (Å²) in [6, 6.07) is 15.8. The van der Waals surface area contributed by atoms with Crippen molar-refractivity contribution in [2.75, 3.05) is 6.16 Å². The third-order valence-electron chi connectivity index (χ3n) is 4.32. The van der Waals surface area contributed by atoms with Crippen LogP contribution in [0.4, 0.5) is 0 Å². The first kappa shape index (κ1) is 13.2. The molecular formula is C17H15ClNOP. The molecule has 21 heavy (non-hydrogen) atoms. The maximum absolute atomic E-state index is 13.4. The Kier molecular flexibility index (Phi) is 2.99. The lowest BCUT2D eigenvalue weighted by molar-refractivity contribution is 0.578. The van der Waals surface area contributed by atoms with E-state index in [-0.39, 0.29) is 0 Å². The van der Waals surface area contributed by atoms with Gasteiger partial charge in [0.15, 0.2) is 0 Å². The van der Waals surface area contributed by atoms with Crippen molar-refractivity contribution in [2.45, 2.75) is 12.6 Å². The molecule has 2 nitrogen and oxygen atoms in total. The molecule has 0 saturated heterocycles. The number of H-pyrrole nitrogens is 1. The molecule has 1 aliphatic heterocycles. The third-order valence-corrected chi connectivity index (χ3v) is 7.57. The first-order valence-electron chi connectivity index (χ1n) is 7.08. The van der Waals surface area contributed by atoms with Crippen LogP contribution in [0.1, 0.15) is 11.3 Å². The highest BCUT2D eigenvalue weighted by molar-refractivity contribution is 7.70. The molecule has 0 amide bonds. The van der Waals surface area contributed by atoms with Crippen LogP contribution in [0.25, 0.3) is 10.9 Å². The second kappa shape index (κ2) is 4.76. The fourth-order valence-corrected chi connectivity index (χ4v) is 6.16. The number of aryl methyl sites for hydroxylation is 1. The molecule has 0 spiro atoms. The summed E-state index contributed by atoms with van der Waals surface area (Å²) in [4.78, 5) is 3.45. The van der Waals surface area contributed by atoms with E-state index in [0.717, 1.165) is 33.8 Å². The number of benzene rings is 2. The van der Waals surface area contributed by atoms with Gasteiger partial charge in [-0.1, -0.05) is 41.9 Å². The monoisotopic (exact) mass is 315 g/mol. The molecule has 0 unspecified atom stereocenters. The van der Waals surface area contributed by atoms with Gasteiger partial charge in [-0.05, 0) is 30.2 Å². The van der Waals surface area contributed by atoms with E-state index in [0.29, 0.717) is 6.16 Å². The van der Waals surface area contributed by atoms with Crippen molar-refractivity contribution in [3.8, 4) is 0 Å². The van der Waals surface area contributed by atoms with E-state index in [1.165, 1.54) is 11.3 Å². The van der Waals surface area contributed by atoms with Gasteiger partial charge in [-0.15, -0.1) is 0 Å². The summed E-state index contributed by atoms with van der Waals surface area (Å²) in [5.74, 6) is 0. The van der Waals surface area contributed by atoms with Gasteiger partial charge >= 0.3 is 0 Å². The molecule has 4 rings (SSSR count). The van der Waals surface area contributed by atoms with Crippen LogP contribution in [0.2, 0.25) is 5.02 Å². The van der Waals surface area contributed by atoms with E-state index in [2.05, 4.69) is 4.98 Å². The average Bonchev–Trinajstić information content (AvgIpc) is 2.85. The minimum Gasteiger partial charge on any atom is -0.358 e. The van der Waals surface area contributed by atoms with Gasteiger partial charge in [0.1, 0.15) is 7.14 Å². The number of hydrogen-bond acceptors (Lipinski definition) is 1. The molecule has 2 aromatic carbocycles. The van der Waals surface area contributed by atoms with Crippen LogP contribution in [0.3, 0.4) is 0 Å². The van der Waals surface area contributed by atoms with Gasteiger partial charge in [0.25, 0.3) is 0 Å². The molecule has 0 bridgehead atoms. The molecule has 1 aliphatic rings. The average molecular weight is 316 g/mol. The van der Waals surface area contributed by atoms with E-state index in [9.17, 15) is 4.57 Å². The Bertz CT molecular complexity index is 869. The van der Waals surface area contributed by atoms with E-state index in [4.69, 9.17) is 11.6 Å². The van der Waals surface area contributed by atoms with Crippen molar-refractivity contribution >= 4 is 35.0 Å². The summed E-state index contributed by atoms with van der Waals surface area (Å²) in [5.41, 5.74) is 3.49. The molecule has 1 aromatic heterocycles. The predicted octanol–water partition coefficient (Wildman–Crippen LogP) is 4.57. The number of aromatic nitrogens is 1. The highest BCUT2D eigenvalue weighted by atomic mass is 35.5. The number of aromatic amines is 1. The quantitative estimate of drug-likeness (QED) is 0.656. The minimum atomic E-state index is -2.35. The number of rotatable bonds is 1. The van der Waals surface area contributed by atoms with Gasteiger partial charge in [-0.3, -0.25) is 0 Å². The number of hydrogen-bond donors (Lipinski definition) is 1. The molecule has 106 valence electrons. The van der Waals surface area contributed by atoms with Crippen molar-refractivity contribution in [2.24, 2.45) is 0 Å². The van der Waals surface area contributed by atoms with Crippen LogP contribution in [0.15, 0.2) is 48.5 Å². The smallest absolute Gasteiger partial charge is 0.120 e. The molecular weight excluding hydrogens is 301 g/mol. The standard InChI is InChI=1S/C17H15ClNOP/c18-12-6-7-16-14(10-12)15-11-21(20,9-8-17(15)19-16)13-4-2-1-3-5-13/h1-7,10,19H,8-9,11H2/t21-/m1/s1. The summed E-state index contributed by atoms with van der Waals surface area (Å²) in [6.07, 6.45) is 2.21. The SMILES string of the molecule is O=[P@]1(c2ccccc2)CCc2[nH]c3ccc(Cl)cc3c2C1. The normalized spacial score (nSPS) is 21.4. The maximum Gasteiger partial charge on any atom is 0.120 e. The zero-order valence-electron chi connectivity index (χ0n) is 11.5. The minimum absolute atomic E-state index is 0.632. The summed E-state index contributed by atoms with van der Waals surface area (Å²) < 4.78 is 13.4. The van der Waals surface area contributed by atoms with Crippen LogP contribution in [0.5, 0.6) is 0 Å². The molecule has 0 radical (unpaired) electrons. The topological polar surface area (TPSA) is 32.9 Å². The molecule has 3 aromatic rings. The fraction of sp³-hybridized carbons (Fsp3) is 0.176. The highest BCUT2D eigenvalue weighted by Gasteiger charge is 2.32. The Morgan fingerprint density at radius 2 is 1.90 bits per heavy atom. The summed E-state index contributed by atoms with van der Waals surface area (Å²) in [6.45, 7) is 0. The Hall–Kier alpha value is -1.50. The zero-order valence-corrected chi connectivity index (χ0v) is 13.1. The molecule has 4 heteroatoms. The molecule has 0 saturated carbocycles. The molecule has 1 N–H and O–H groups in total. The second-order valence-corrected chi connectivity index (χ2v) is 9.12. The Balaban J connectivity index is 1.86. The summed E-state index contributed by atoms with van der Waals surface area (Å²) in [5, 5.41) is 2.84. The van der Waals surface area contributed by atoms with Crippen LogP contribution in [-0.2, 0) is 17.1 Å². The molecule has 1 atom stereocenters. The van der Waals surface area contributed by atoms with Gasteiger partial charge in [0.05, 0.1) is 0 Å². The van der Waals surface area contributed by atoms with Crippen molar-refractivity contribution in [3.05, 3.63) is 64.8 Å². The zero-order chi connectivity index (χ0) is 14.4. The van der Waals surface area contributed by atoms with Crippen LogP contribution in [0, 0.1) is 0 Å². The highest BCUT2D eigenvalue weighted by Crippen LogP contribution is 2.53. The van der Waals surface area contributed by atoms with Crippen molar-refractivity contribution in [1.82, 2.24) is 4.98 Å². The van der Waals surface area contributed by atoms with Gasteiger partial charge < -0.3 is 9.55 Å². The summed E-state index contributed by atoms with van der Waals surface area (Å²) >= 11 is 6.12. The van der Waals surface area contributed by atoms with Gasteiger partial charge in [-0.2, -0.15) is 0 Å².